The van der Waals surface area contributed by atoms with Crippen molar-refractivity contribution in [2.24, 2.45) is 0 Å². The van der Waals surface area contributed by atoms with E-state index < -0.39 is 49.3 Å². The van der Waals surface area contributed by atoms with Gasteiger partial charge in [0.2, 0.25) is 6.29 Å². The van der Waals surface area contributed by atoms with Crippen LogP contribution in [0.15, 0.2) is 54.6 Å². The van der Waals surface area contributed by atoms with Gasteiger partial charge in [-0.3, -0.25) is 4.79 Å². The highest BCUT2D eigenvalue weighted by Gasteiger charge is 2.47. The monoisotopic (exact) mass is 474 g/mol. The molecule has 182 valence electrons. The minimum atomic E-state index is -1.60. The van der Waals surface area contributed by atoms with E-state index in [4.69, 9.17) is 18.9 Å². The van der Waals surface area contributed by atoms with Crippen molar-refractivity contribution in [3.8, 4) is 11.5 Å². The second-order valence-corrected chi connectivity index (χ2v) is 7.54. The quantitative estimate of drug-likeness (QED) is 0.321. The van der Waals surface area contributed by atoms with Gasteiger partial charge in [-0.25, -0.2) is 4.79 Å². The van der Waals surface area contributed by atoms with Crippen LogP contribution in [0.5, 0.6) is 11.5 Å². The number of esters is 2. The molecule has 0 amide bonds. The van der Waals surface area contributed by atoms with E-state index in [2.05, 4.69) is 0 Å². The van der Waals surface area contributed by atoms with Gasteiger partial charge < -0.3 is 39.4 Å². The van der Waals surface area contributed by atoms with Crippen LogP contribution < -0.4 is 4.74 Å². The lowest BCUT2D eigenvalue weighted by atomic mass is 9.99. The fourth-order valence-corrected chi connectivity index (χ4v) is 3.31. The Hall–Kier alpha value is -3.44. The average Bonchev–Trinajstić information content (AvgIpc) is 2.82. The Balaban J connectivity index is 1.74. The maximum absolute atomic E-state index is 12.1. The summed E-state index contributed by atoms with van der Waals surface area (Å²) < 4.78 is 21.6. The zero-order valence-electron chi connectivity index (χ0n) is 18.3. The lowest BCUT2D eigenvalue weighted by Gasteiger charge is -2.41. The number of aliphatic hydroxyl groups is 3. The zero-order chi connectivity index (χ0) is 24.7. The smallest absolute Gasteiger partial charge is 0.331 e. The molecule has 10 nitrogen and oxygen atoms in total. The molecule has 10 heteroatoms. The molecule has 3 rings (SSSR count). The lowest BCUT2D eigenvalue weighted by Crippen LogP contribution is -2.61. The first-order valence-corrected chi connectivity index (χ1v) is 10.5. The van der Waals surface area contributed by atoms with E-state index in [1.165, 1.54) is 24.3 Å². The summed E-state index contributed by atoms with van der Waals surface area (Å²) in [6, 6.07) is 13.1. The largest absolute Gasteiger partial charge is 0.508 e. The van der Waals surface area contributed by atoms with Crippen molar-refractivity contribution in [1.82, 2.24) is 0 Å². The predicted molar refractivity (Wildman–Crippen MR) is 117 cm³/mol. The standard InChI is InChI=1S/C24H26O10/c1-14(26)32-23-22(30)21(29)19(12-25)34-24(23)33-18-9-8-17(27)11-16(18)13-31-20(28)10-7-15-5-3-2-4-6-15/h2-11,19,21-25,27,29-30H,12-13H2,1H3/b10-7+/t19-,21-,22+,23-,24-/m1/s1. The highest BCUT2D eigenvalue weighted by molar-refractivity contribution is 5.87. The molecule has 0 unspecified atom stereocenters. The molecule has 4 N–H and O–H groups in total. The van der Waals surface area contributed by atoms with Gasteiger partial charge in [-0.2, -0.15) is 0 Å². The molecule has 5 atom stereocenters. The van der Waals surface area contributed by atoms with Gasteiger partial charge >= 0.3 is 11.9 Å². The van der Waals surface area contributed by atoms with E-state index in [-0.39, 0.29) is 23.7 Å². The van der Waals surface area contributed by atoms with Crippen molar-refractivity contribution in [2.75, 3.05) is 6.61 Å². The minimum absolute atomic E-state index is 0.0973. The second kappa shape index (κ2) is 11.6. The summed E-state index contributed by atoms with van der Waals surface area (Å²) in [5.41, 5.74) is 1.07. The van der Waals surface area contributed by atoms with Crippen molar-refractivity contribution in [1.29, 1.82) is 0 Å². The highest BCUT2D eigenvalue weighted by atomic mass is 16.7. The summed E-state index contributed by atoms with van der Waals surface area (Å²) in [5, 5.41) is 39.8. The van der Waals surface area contributed by atoms with Gasteiger partial charge in [0.15, 0.2) is 6.10 Å². The molecule has 0 saturated carbocycles. The number of rotatable bonds is 8. The molecule has 34 heavy (non-hydrogen) atoms. The summed E-state index contributed by atoms with van der Waals surface area (Å²) in [6.07, 6.45) is -4.29. The molecule has 1 heterocycles. The van der Waals surface area contributed by atoms with Gasteiger partial charge in [0.05, 0.1) is 6.61 Å². The molecular formula is C24H26O10. The SMILES string of the molecule is CC(=O)O[C@H]1[C@H](Oc2ccc(O)cc2COC(=O)/C=C/c2ccccc2)O[C@H](CO)[C@@H](O)[C@@H]1O. The molecule has 0 radical (unpaired) electrons. The molecule has 1 aliphatic rings. The number of aliphatic hydroxyl groups excluding tert-OH is 3. The fourth-order valence-electron chi connectivity index (χ4n) is 3.31. The Morgan fingerprint density at radius 1 is 1.09 bits per heavy atom. The molecule has 1 saturated heterocycles. The third kappa shape index (κ3) is 6.55. The number of hydrogen-bond donors (Lipinski definition) is 4. The molecule has 1 aliphatic heterocycles. The van der Waals surface area contributed by atoms with E-state index in [1.54, 1.807) is 6.08 Å². The first-order valence-electron chi connectivity index (χ1n) is 10.5. The van der Waals surface area contributed by atoms with Crippen LogP contribution in [0.3, 0.4) is 0 Å². The van der Waals surface area contributed by atoms with Gasteiger partial charge in [0.25, 0.3) is 0 Å². The molecule has 1 fully saturated rings. The summed E-state index contributed by atoms with van der Waals surface area (Å²) in [4.78, 5) is 23.6. The molecular weight excluding hydrogens is 448 g/mol. The Morgan fingerprint density at radius 3 is 2.50 bits per heavy atom. The molecule has 0 bridgehead atoms. The number of carbonyl (C=O) groups is 2. The molecule has 2 aromatic rings. The van der Waals surface area contributed by atoms with Crippen LogP contribution in [0, 0.1) is 0 Å². The van der Waals surface area contributed by atoms with Crippen LogP contribution in [0.2, 0.25) is 0 Å². The third-order valence-corrected chi connectivity index (χ3v) is 5.00. The maximum Gasteiger partial charge on any atom is 0.331 e. The van der Waals surface area contributed by atoms with E-state index in [0.29, 0.717) is 0 Å². The van der Waals surface area contributed by atoms with Crippen molar-refractivity contribution in [2.45, 2.75) is 44.2 Å². The highest BCUT2D eigenvalue weighted by Crippen LogP contribution is 2.30. The molecule has 0 spiro atoms. The second-order valence-electron chi connectivity index (χ2n) is 7.54. The molecule has 0 aromatic heterocycles. The fraction of sp³-hybridized carbons (Fsp3) is 0.333. The Morgan fingerprint density at radius 2 is 1.82 bits per heavy atom. The van der Waals surface area contributed by atoms with Crippen molar-refractivity contribution in [3.63, 3.8) is 0 Å². The van der Waals surface area contributed by atoms with Gasteiger partial charge in [0.1, 0.15) is 36.4 Å². The Kier molecular flexibility index (Phi) is 8.61. The van der Waals surface area contributed by atoms with Crippen LogP contribution in [0.4, 0.5) is 0 Å². The summed E-state index contributed by atoms with van der Waals surface area (Å²) >= 11 is 0. The van der Waals surface area contributed by atoms with Crippen LogP contribution >= 0.6 is 0 Å². The van der Waals surface area contributed by atoms with E-state index in [1.807, 2.05) is 30.3 Å². The van der Waals surface area contributed by atoms with E-state index in [0.717, 1.165) is 12.5 Å². The number of phenols is 1. The van der Waals surface area contributed by atoms with Crippen LogP contribution in [-0.2, 0) is 30.4 Å². The summed E-state index contributed by atoms with van der Waals surface area (Å²) in [7, 11) is 0. The minimum Gasteiger partial charge on any atom is -0.508 e. The van der Waals surface area contributed by atoms with E-state index in [9.17, 15) is 30.0 Å². The first kappa shape index (κ1) is 25.2. The zero-order valence-corrected chi connectivity index (χ0v) is 18.3. The number of hydrogen-bond acceptors (Lipinski definition) is 10. The van der Waals surface area contributed by atoms with Gasteiger partial charge in [-0.15, -0.1) is 0 Å². The van der Waals surface area contributed by atoms with Crippen LogP contribution in [-0.4, -0.2) is 69.7 Å². The average molecular weight is 474 g/mol. The molecule has 0 aliphatic carbocycles. The number of carbonyl (C=O) groups excluding carboxylic acids is 2. The van der Waals surface area contributed by atoms with Crippen molar-refractivity contribution in [3.05, 3.63) is 65.7 Å². The van der Waals surface area contributed by atoms with Gasteiger partial charge in [-0.05, 0) is 29.8 Å². The maximum atomic E-state index is 12.1. The number of aromatic hydroxyl groups is 1. The van der Waals surface area contributed by atoms with Crippen LogP contribution in [0.25, 0.3) is 6.08 Å². The number of phenolic OH excluding ortho intramolecular Hbond substituents is 1. The van der Waals surface area contributed by atoms with Gasteiger partial charge in [-0.1, -0.05) is 30.3 Å². The number of ether oxygens (including phenoxy) is 4. The molecule has 2 aromatic carbocycles. The van der Waals surface area contributed by atoms with E-state index >= 15 is 0 Å². The third-order valence-electron chi connectivity index (χ3n) is 5.00. The normalized spacial score (nSPS) is 24.5. The lowest BCUT2D eigenvalue weighted by molar-refractivity contribution is -0.282. The Labute approximate surface area is 195 Å². The summed E-state index contributed by atoms with van der Waals surface area (Å²) in [5.74, 6) is -1.41. The van der Waals surface area contributed by atoms with Crippen LogP contribution in [0.1, 0.15) is 18.1 Å². The topological polar surface area (TPSA) is 152 Å². The van der Waals surface area contributed by atoms with Crippen molar-refractivity contribution >= 4 is 18.0 Å². The van der Waals surface area contributed by atoms with Gasteiger partial charge in [0, 0.05) is 18.6 Å². The summed E-state index contributed by atoms with van der Waals surface area (Å²) in [6.45, 7) is 0.211. The Bertz CT molecular complexity index is 1010. The number of benzene rings is 2. The van der Waals surface area contributed by atoms with Crippen molar-refractivity contribution < 1.29 is 49.0 Å². The predicted octanol–water partition coefficient (Wildman–Crippen LogP) is 0.898. The first-order chi connectivity index (χ1) is 16.3.